The van der Waals surface area contributed by atoms with Gasteiger partial charge in [0.2, 0.25) is 0 Å². The Kier molecular flexibility index (Phi) is 2.26. The zero-order valence-electron chi connectivity index (χ0n) is 8.73. The van der Waals surface area contributed by atoms with E-state index in [1.807, 2.05) is 6.92 Å². The third-order valence-electron chi connectivity index (χ3n) is 2.66. The maximum atomic E-state index is 11.9. The van der Waals surface area contributed by atoms with E-state index < -0.39 is 0 Å². The van der Waals surface area contributed by atoms with Crippen molar-refractivity contribution in [3.05, 3.63) is 23.8 Å². The lowest BCUT2D eigenvalue weighted by Gasteiger charge is -2.20. The number of phenols is 1. The van der Waals surface area contributed by atoms with Crippen LogP contribution >= 0.6 is 0 Å². The molecule has 0 aromatic heterocycles. The van der Waals surface area contributed by atoms with Crippen molar-refractivity contribution in [1.82, 2.24) is 4.90 Å². The monoisotopic (exact) mass is 207 g/mol. The second kappa shape index (κ2) is 3.46. The van der Waals surface area contributed by atoms with Crippen molar-refractivity contribution >= 4 is 5.91 Å². The van der Waals surface area contributed by atoms with Gasteiger partial charge in [-0.15, -0.1) is 0 Å². The molecule has 1 aromatic rings. The highest BCUT2D eigenvalue weighted by atomic mass is 16.5. The molecule has 1 aliphatic heterocycles. The van der Waals surface area contributed by atoms with Crippen LogP contribution in [-0.2, 0) is 0 Å². The van der Waals surface area contributed by atoms with Crippen LogP contribution in [0.3, 0.4) is 0 Å². The van der Waals surface area contributed by atoms with E-state index in [2.05, 4.69) is 0 Å². The largest absolute Gasteiger partial charge is 0.508 e. The second-order valence-electron chi connectivity index (χ2n) is 3.76. The number of aromatic hydroxyl groups is 1. The SMILES string of the molecule is CC1COc2cc(O)ccc2C(=O)N1C. The molecule has 1 amide bonds. The summed E-state index contributed by atoms with van der Waals surface area (Å²) in [6.45, 7) is 2.36. The molecule has 2 rings (SSSR count). The van der Waals surface area contributed by atoms with Crippen LogP contribution in [0.4, 0.5) is 0 Å². The number of phenolic OH excluding ortho intramolecular Hbond substituents is 1. The van der Waals surface area contributed by atoms with Gasteiger partial charge in [-0.3, -0.25) is 4.79 Å². The Labute approximate surface area is 88.1 Å². The molecular formula is C11H13NO3. The highest BCUT2D eigenvalue weighted by Gasteiger charge is 2.25. The molecule has 15 heavy (non-hydrogen) atoms. The first-order chi connectivity index (χ1) is 7.09. The lowest BCUT2D eigenvalue weighted by molar-refractivity contribution is 0.0732. The Bertz CT molecular complexity index is 403. The van der Waals surface area contributed by atoms with Crippen molar-refractivity contribution in [2.24, 2.45) is 0 Å². The third kappa shape index (κ3) is 1.63. The van der Waals surface area contributed by atoms with Crippen LogP contribution in [0.2, 0.25) is 0 Å². The number of carbonyl (C=O) groups excluding carboxylic acids is 1. The van der Waals surface area contributed by atoms with Crippen LogP contribution < -0.4 is 4.74 Å². The maximum Gasteiger partial charge on any atom is 0.257 e. The minimum atomic E-state index is -0.0741. The molecule has 1 aliphatic rings. The van der Waals surface area contributed by atoms with Crippen LogP contribution in [0, 0.1) is 0 Å². The Morgan fingerprint density at radius 3 is 3.00 bits per heavy atom. The van der Waals surface area contributed by atoms with Crippen LogP contribution in [0.15, 0.2) is 18.2 Å². The summed E-state index contributed by atoms with van der Waals surface area (Å²) in [5.74, 6) is 0.491. The minimum Gasteiger partial charge on any atom is -0.508 e. The van der Waals surface area contributed by atoms with Crippen molar-refractivity contribution in [3.63, 3.8) is 0 Å². The van der Waals surface area contributed by atoms with E-state index in [-0.39, 0.29) is 17.7 Å². The average Bonchev–Trinajstić information content (AvgIpc) is 2.32. The number of fused-ring (bicyclic) bond motifs is 1. The first-order valence-corrected chi connectivity index (χ1v) is 4.82. The van der Waals surface area contributed by atoms with Crippen LogP contribution in [0.25, 0.3) is 0 Å². The normalized spacial score (nSPS) is 20.5. The molecule has 1 aromatic carbocycles. The summed E-state index contributed by atoms with van der Waals surface area (Å²) in [6, 6.07) is 4.58. The van der Waals surface area contributed by atoms with E-state index in [9.17, 15) is 9.90 Å². The van der Waals surface area contributed by atoms with Crippen molar-refractivity contribution in [3.8, 4) is 11.5 Å². The highest BCUT2D eigenvalue weighted by Crippen LogP contribution is 2.27. The zero-order valence-corrected chi connectivity index (χ0v) is 8.73. The molecule has 1 N–H and O–H groups in total. The predicted octanol–water partition coefficient (Wildman–Crippen LogP) is 1.25. The van der Waals surface area contributed by atoms with E-state index in [1.165, 1.54) is 12.1 Å². The van der Waals surface area contributed by atoms with E-state index >= 15 is 0 Å². The number of hydrogen-bond acceptors (Lipinski definition) is 3. The average molecular weight is 207 g/mol. The predicted molar refractivity (Wildman–Crippen MR) is 55.2 cm³/mol. The van der Waals surface area contributed by atoms with Gasteiger partial charge < -0.3 is 14.7 Å². The molecule has 0 radical (unpaired) electrons. The molecule has 1 unspecified atom stereocenters. The van der Waals surface area contributed by atoms with Gasteiger partial charge in [0.05, 0.1) is 11.6 Å². The molecule has 0 saturated carbocycles. The molecule has 80 valence electrons. The van der Waals surface area contributed by atoms with Gasteiger partial charge in [0.25, 0.3) is 5.91 Å². The Morgan fingerprint density at radius 1 is 1.53 bits per heavy atom. The third-order valence-corrected chi connectivity index (χ3v) is 2.66. The van der Waals surface area contributed by atoms with Gasteiger partial charge in [-0.25, -0.2) is 0 Å². The number of amides is 1. The fourth-order valence-corrected chi connectivity index (χ4v) is 1.52. The van der Waals surface area contributed by atoms with Gasteiger partial charge >= 0.3 is 0 Å². The number of hydrogen-bond donors (Lipinski definition) is 1. The van der Waals surface area contributed by atoms with Crippen molar-refractivity contribution in [2.45, 2.75) is 13.0 Å². The smallest absolute Gasteiger partial charge is 0.257 e. The number of nitrogens with zero attached hydrogens (tertiary/aromatic N) is 1. The van der Waals surface area contributed by atoms with Gasteiger partial charge in [0.1, 0.15) is 18.1 Å². The Hall–Kier alpha value is -1.71. The molecule has 4 nitrogen and oxygen atoms in total. The zero-order chi connectivity index (χ0) is 11.0. The van der Waals surface area contributed by atoms with Gasteiger partial charge in [-0.2, -0.15) is 0 Å². The topological polar surface area (TPSA) is 49.8 Å². The quantitative estimate of drug-likeness (QED) is 0.696. The first kappa shape index (κ1) is 9.83. The van der Waals surface area contributed by atoms with E-state index in [4.69, 9.17) is 4.74 Å². The molecule has 4 heteroatoms. The lowest BCUT2D eigenvalue weighted by atomic mass is 10.1. The van der Waals surface area contributed by atoms with Crippen molar-refractivity contribution < 1.29 is 14.6 Å². The van der Waals surface area contributed by atoms with Crippen LogP contribution in [0.1, 0.15) is 17.3 Å². The molecule has 1 heterocycles. The molecule has 0 aliphatic carbocycles. The van der Waals surface area contributed by atoms with Gasteiger partial charge in [0, 0.05) is 13.1 Å². The molecule has 0 spiro atoms. The number of ether oxygens (including phenoxy) is 1. The molecule has 0 fully saturated rings. The van der Waals surface area contributed by atoms with Crippen LogP contribution in [-0.4, -0.2) is 35.6 Å². The molecule has 0 saturated heterocycles. The Balaban J connectivity index is 2.47. The van der Waals surface area contributed by atoms with Crippen molar-refractivity contribution in [1.29, 1.82) is 0 Å². The fourth-order valence-electron chi connectivity index (χ4n) is 1.52. The summed E-state index contributed by atoms with van der Waals surface area (Å²) in [7, 11) is 1.75. The maximum absolute atomic E-state index is 11.9. The first-order valence-electron chi connectivity index (χ1n) is 4.82. The molecule has 1 atom stereocenters. The summed E-state index contributed by atoms with van der Waals surface area (Å²) >= 11 is 0. The summed E-state index contributed by atoms with van der Waals surface area (Å²) < 4.78 is 5.46. The van der Waals surface area contributed by atoms with Crippen LogP contribution in [0.5, 0.6) is 11.5 Å². The summed E-state index contributed by atoms with van der Waals surface area (Å²) in [5, 5.41) is 9.29. The standard InChI is InChI=1S/C11H13NO3/c1-7-6-15-10-5-8(13)3-4-9(10)11(14)12(7)2/h3-5,7,13H,6H2,1-2H3. The summed E-state index contributed by atoms with van der Waals surface area (Å²) in [6.07, 6.45) is 0. The fraction of sp³-hybridized carbons (Fsp3) is 0.364. The molecule has 0 bridgehead atoms. The van der Waals surface area contributed by atoms with Gasteiger partial charge in [-0.05, 0) is 19.1 Å². The second-order valence-corrected chi connectivity index (χ2v) is 3.76. The van der Waals surface area contributed by atoms with Crippen molar-refractivity contribution in [2.75, 3.05) is 13.7 Å². The number of likely N-dealkylation sites (N-methyl/N-ethyl adjacent to an activating group) is 1. The summed E-state index contributed by atoms with van der Waals surface area (Å²) in [4.78, 5) is 13.6. The summed E-state index contributed by atoms with van der Waals surface area (Å²) in [5.41, 5.74) is 0.500. The lowest BCUT2D eigenvalue weighted by Crippen LogP contribution is -2.36. The number of rotatable bonds is 0. The molecular weight excluding hydrogens is 194 g/mol. The Morgan fingerprint density at radius 2 is 2.27 bits per heavy atom. The van der Waals surface area contributed by atoms with E-state index in [0.717, 1.165) is 0 Å². The van der Waals surface area contributed by atoms with Gasteiger partial charge in [-0.1, -0.05) is 0 Å². The van der Waals surface area contributed by atoms with E-state index in [0.29, 0.717) is 17.9 Å². The highest BCUT2D eigenvalue weighted by molar-refractivity contribution is 5.97. The number of carbonyl (C=O) groups is 1. The van der Waals surface area contributed by atoms with Gasteiger partial charge in [0.15, 0.2) is 0 Å². The van der Waals surface area contributed by atoms with E-state index in [1.54, 1.807) is 18.0 Å². The number of benzene rings is 1. The minimum absolute atomic E-state index is 0.0343.